The zero-order chi connectivity index (χ0) is 34.9. The van der Waals surface area contributed by atoms with Crippen LogP contribution in [0.25, 0.3) is 0 Å². The van der Waals surface area contributed by atoms with Crippen LogP contribution in [0.4, 0.5) is 0 Å². The Bertz CT molecular complexity index is 1070. The van der Waals surface area contributed by atoms with E-state index in [4.69, 9.17) is 22.4 Å². The molecule has 0 aromatic carbocycles. The molecule has 0 heterocycles. The van der Waals surface area contributed by atoms with E-state index in [2.05, 4.69) is 93.7 Å². The van der Waals surface area contributed by atoms with Crippen LogP contribution in [0.5, 0.6) is 0 Å². The number of fused-ring (bicyclic) bond motifs is 1. The molecule has 3 aliphatic rings. The molecular formula is C38H70O6Si2. The molecule has 0 amide bonds. The largest absolute Gasteiger partial charge is 0.465 e. The number of hydrogen-bond donors (Lipinski definition) is 0. The van der Waals surface area contributed by atoms with Crippen molar-refractivity contribution in [3.63, 3.8) is 0 Å². The van der Waals surface area contributed by atoms with E-state index in [0.29, 0.717) is 24.4 Å². The van der Waals surface area contributed by atoms with Crippen molar-refractivity contribution in [2.45, 2.75) is 177 Å². The standard InChI is InChI=1S/C38H70O6Si2/c1-27(26-40-34(39)35(2,3)4)32-20-21-33-29(17-16-22-38(32,33)11)19-18-28-23-30(41-45(12,13)43-36(5,6)7)25-31(24-28)42-46(14,15)44-37(8,9)10/h18-19,27,30-33H,16-17,20-26H2,1-15H3/t27-,30+,31+,32+,33?,38+/m0/s1. The summed E-state index contributed by atoms with van der Waals surface area (Å²) in [6, 6.07) is 0. The molecule has 1 unspecified atom stereocenters. The first-order valence-electron chi connectivity index (χ1n) is 18.1. The monoisotopic (exact) mass is 678 g/mol. The van der Waals surface area contributed by atoms with Gasteiger partial charge in [0.05, 0.1) is 35.4 Å². The lowest BCUT2D eigenvalue weighted by Crippen LogP contribution is -2.49. The van der Waals surface area contributed by atoms with E-state index in [-0.39, 0.29) is 34.8 Å². The summed E-state index contributed by atoms with van der Waals surface area (Å²) in [4.78, 5) is 12.5. The number of ether oxygens (including phenoxy) is 1. The Kier molecular flexibility index (Phi) is 12.6. The minimum atomic E-state index is -2.36. The van der Waals surface area contributed by atoms with Gasteiger partial charge in [-0.25, -0.2) is 0 Å². The first kappa shape index (κ1) is 39.7. The van der Waals surface area contributed by atoms with Gasteiger partial charge in [0, 0.05) is 0 Å². The summed E-state index contributed by atoms with van der Waals surface area (Å²) in [6.45, 7) is 32.4. The summed E-state index contributed by atoms with van der Waals surface area (Å²) in [5, 5.41) is 0. The van der Waals surface area contributed by atoms with Crippen molar-refractivity contribution in [3.8, 4) is 0 Å². The summed E-state index contributed by atoms with van der Waals surface area (Å²) < 4.78 is 32.4. The zero-order valence-electron chi connectivity index (χ0n) is 32.4. The predicted octanol–water partition coefficient (Wildman–Crippen LogP) is 10.3. The van der Waals surface area contributed by atoms with Gasteiger partial charge in [-0.15, -0.1) is 0 Å². The Morgan fingerprint density at radius 1 is 0.870 bits per heavy atom. The number of carbonyl (C=O) groups is 1. The number of rotatable bonds is 10. The van der Waals surface area contributed by atoms with Gasteiger partial charge in [-0.3, -0.25) is 4.79 Å². The van der Waals surface area contributed by atoms with E-state index in [1.54, 1.807) is 5.57 Å². The van der Waals surface area contributed by atoms with Gasteiger partial charge in [-0.2, -0.15) is 0 Å². The van der Waals surface area contributed by atoms with Crippen LogP contribution in [-0.2, 0) is 27.2 Å². The Balaban J connectivity index is 1.80. The molecule has 0 N–H and O–H groups in total. The maximum absolute atomic E-state index is 12.5. The molecule has 3 rings (SSSR count). The second-order valence-electron chi connectivity index (χ2n) is 18.8. The van der Waals surface area contributed by atoms with Gasteiger partial charge in [-0.1, -0.05) is 37.1 Å². The molecule has 6 nitrogen and oxygen atoms in total. The molecule has 46 heavy (non-hydrogen) atoms. The molecule has 3 fully saturated rings. The molecule has 0 aromatic rings. The van der Waals surface area contributed by atoms with Gasteiger partial charge in [0.25, 0.3) is 0 Å². The second kappa shape index (κ2) is 14.6. The average molecular weight is 679 g/mol. The molecule has 8 heteroatoms. The molecule has 0 radical (unpaired) electrons. The molecular weight excluding hydrogens is 609 g/mol. The third-order valence-electron chi connectivity index (χ3n) is 9.86. The highest BCUT2D eigenvalue weighted by Gasteiger charge is 2.51. The van der Waals surface area contributed by atoms with E-state index < -0.39 is 22.5 Å². The quantitative estimate of drug-likeness (QED) is 0.169. The van der Waals surface area contributed by atoms with Gasteiger partial charge in [0.1, 0.15) is 0 Å². The van der Waals surface area contributed by atoms with Crippen molar-refractivity contribution < 1.29 is 27.2 Å². The molecule has 0 spiro atoms. The molecule has 3 saturated carbocycles. The van der Waals surface area contributed by atoms with Crippen LogP contribution in [0.15, 0.2) is 23.3 Å². The lowest BCUT2D eigenvalue weighted by molar-refractivity contribution is -0.155. The van der Waals surface area contributed by atoms with E-state index in [1.165, 1.54) is 37.7 Å². The predicted molar refractivity (Wildman–Crippen MR) is 194 cm³/mol. The minimum absolute atomic E-state index is 0.0657. The number of hydrogen-bond acceptors (Lipinski definition) is 6. The fourth-order valence-corrected chi connectivity index (χ4v) is 13.8. The summed E-state index contributed by atoms with van der Waals surface area (Å²) in [7, 11) is -4.72. The highest BCUT2D eigenvalue weighted by Crippen LogP contribution is 2.59. The summed E-state index contributed by atoms with van der Waals surface area (Å²) >= 11 is 0. The maximum atomic E-state index is 12.5. The van der Waals surface area contributed by atoms with Gasteiger partial charge < -0.3 is 22.4 Å². The summed E-state index contributed by atoms with van der Waals surface area (Å²) in [5.41, 5.74) is 2.31. The number of carbonyl (C=O) groups excluding carboxylic acids is 1. The minimum Gasteiger partial charge on any atom is -0.465 e. The van der Waals surface area contributed by atoms with E-state index in [1.807, 2.05) is 20.8 Å². The Labute approximate surface area is 285 Å². The Morgan fingerprint density at radius 3 is 1.87 bits per heavy atom. The Hall–Kier alpha value is -0.776. The highest BCUT2D eigenvalue weighted by atomic mass is 28.4. The van der Waals surface area contributed by atoms with Gasteiger partial charge in [0.2, 0.25) is 0 Å². The molecule has 0 saturated heterocycles. The Morgan fingerprint density at radius 2 is 1.39 bits per heavy atom. The first-order valence-corrected chi connectivity index (χ1v) is 23.7. The van der Waals surface area contributed by atoms with E-state index in [9.17, 15) is 4.79 Å². The van der Waals surface area contributed by atoms with Gasteiger partial charge in [0.15, 0.2) is 0 Å². The third kappa shape index (κ3) is 11.7. The molecule has 6 atom stereocenters. The maximum Gasteiger partial charge on any atom is 0.332 e. The normalized spacial score (nSPS) is 29.9. The second-order valence-corrected chi connectivity index (χ2v) is 25.3. The SMILES string of the molecule is C[C@@H](COC(=O)C(C)(C)C)[C@H]1CCC2C(=CC=C3C[C@@H](O[Si](C)(C)OC(C)(C)C)C[C@H](O[Si](C)(C)OC(C)(C)C)C3)CCC[C@@]21C. The zero-order valence-corrected chi connectivity index (χ0v) is 34.4. The van der Waals surface area contributed by atoms with Gasteiger partial charge in [-0.05, 0) is 163 Å². The number of allylic oxidation sites excluding steroid dienone is 3. The van der Waals surface area contributed by atoms with Crippen molar-refractivity contribution in [2.75, 3.05) is 6.61 Å². The van der Waals surface area contributed by atoms with Crippen LogP contribution in [0.3, 0.4) is 0 Å². The van der Waals surface area contributed by atoms with Crippen LogP contribution in [0.2, 0.25) is 26.2 Å². The fourth-order valence-electron chi connectivity index (χ4n) is 8.75. The van der Waals surface area contributed by atoms with Crippen LogP contribution in [0.1, 0.15) is 128 Å². The lowest BCUT2D eigenvalue weighted by atomic mass is 9.61. The topological polar surface area (TPSA) is 63.2 Å². The fraction of sp³-hybridized carbons (Fsp3) is 0.868. The van der Waals surface area contributed by atoms with Crippen LogP contribution in [0, 0.1) is 28.6 Å². The highest BCUT2D eigenvalue weighted by molar-refractivity contribution is 6.65. The van der Waals surface area contributed by atoms with Crippen LogP contribution in [-0.4, -0.2) is 53.1 Å². The molecule has 266 valence electrons. The molecule has 0 bridgehead atoms. The lowest BCUT2D eigenvalue weighted by Gasteiger charge is -2.44. The smallest absolute Gasteiger partial charge is 0.332 e. The van der Waals surface area contributed by atoms with Gasteiger partial charge >= 0.3 is 23.1 Å². The van der Waals surface area contributed by atoms with E-state index >= 15 is 0 Å². The van der Waals surface area contributed by atoms with Crippen molar-refractivity contribution in [1.29, 1.82) is 0 Å². The molecule has 3 aliphatic carbocycles. The first-order chi connectivity index (χ1) is 20.8. The number of esters is 1. The van der Waals surface area contributed by atoms with Crippen LogP contribution < -0.4 is 0 Å². The third-order valence-corrected chi connectivity index (χ3v) is 13.9. The molecule has 0 aromatic heterocycles. The van der Waals surface area contributed by atoms with Crippen LogP contribution >= 0.6 is 0 Å². The van der Waals surface area contributed by atoms with E-state index in [0.717, 1.165) is 19.3 Å². The summed E-state index contributed by atoms with van der Waals surface area (Å²) in [5.74, 6) is 1.42. The van der Waals surface area contributed by atoms with Crippen molar-refractivity contribution in [2.24, 2.45) is 28.6 Å². The molecule has 0 aliphatic heterocycles. The average Bonchev–Trinajstić information content (AvgIpc) is 3.18. The van der Waals surface area contributed by atoms with Crippen molar-refractivity contribution >= 4 is 23.1 Å². The van der Waals surface area contributed by atoms with Crippen molar-refractivity contribution in [3.05, 3.63) is 23.3 Å². The summed E-state index contributed by atoms with van der Waals surface area (Å²) in [6.07, 6.45) is 13.8. The van der Waals surface area contributed by atoms with Crippen molar-refractivity contribution in [1.82, 2.24) is 0 Å².